The summed E-state index contributed by atoms with van der Waals surface area (Å²) in [6, 6.07) is 7.21. The van der Waals surface area contributed by atoms with E-state index in [1.54, 1.807) is 19.1 Å². The van der Waals surface area contributed by atoms with E-state index in [-0.39, 0.29) is 24.6 Å². The summed E-state index contributed by atoms with van der Waals surface area (Å²) in [6.07, 6.45) is 0.164. The lowest BCUT2D eigenvalue weighted by atomic mass is 9.99. The summed E-state index contributed by atoms with van der Waals surface area (Å²) in [5, 5.41) is 19.6. The summed E-state index contributed by atoms with van der Waals surface area (Å²) < 4.78 is 29.7. The number of rotatable bonds is 5. The normalized spacial score (nSPS) is 11.5. The molecule has 0 saturated carbocycles. The van der Waals surface area contributed by atoms with Crippen LogP contribution >= 0.6 is 0 Å². The number of carbonyl (C=O) groups is 1. The number of hydrogen-bond acceptors (Lipinski definition) is 2. The number of hydrogen-bond donors (Lipinski definition) is 2. The molecule has 0 atom stereocenters. The predicted molar refractivity (Wildman–Crippen MR) is 99.6 cm³/mol. The van der Waals surface area contributed by atoms with Crippen LogP contribution in [-0.2, 0) is 11.2 Å². The van der Waals surface area contributed by atoms with Gasteiger partial charge >= 0.3 is 5.97 Å². The van der Waals surface area contributed by atoms with Crippen LogP contribution < -0.4 is 0 Å². The molecule has 0 aliphatic carbocycles. The first kappa shape index (κ1) is 18.9. The highest BCUT2D eigenvalue weighted by atomic mass is 19.1. The van der Waals surface area contributed by atoms with Gasteiger partial charge in [-0.3, -0.25) is 4.79 Å². The standard InChI is InChI=1S/C21H21F2NO3/c1-11(2)21-14(5-7-20(26)27)15-9-19(25)17(23)10-18(15)24(21)13-4-6-16(22)12(3)8-13/h4,6,8-11,25H,5,7H2,1-3H3,(H,26,27). The topological polar surface area (TPSA) is 62.5 Å². The van der Waals surface area contributed by atoms with E-state index in [1.165, 1.54) is 18.2 Å². The Kier molecular flexibility index (Phi) is 4.91. The molecule has 3 rings (SSSR count). The minimum atomic E-state index is -0.936. The molecule has 1 heterocycles. The summed E-state index contributed by atoms with van der Waals surface area (Å²) >= 11 is 0. The molecule has 0 radical (unpaired) electrons. The van der Waals surface area contributed by atoms with Gasteiger partial charge in [0.25, 0.3) is 0 Å². The molecule has 0 fully saturated rings. The molecule has 0 unspecified atom stereocenters. The second-order valence-corrected chi connectivity index (χ2v) is 7.00. The summed E-state index contributed by atoms with van der Waals surface area (Å²) in [7, 11) is 0. The summed E-state index contributed by atoms with van der Waals surface area (Å²) in [5.74, 6) is -2.52. The Hall–Kier alpha value is -2.89. The second-order valence-electron chi connectivity index (χ2n) is 7.00. The number of fused-ring (bicyclic) bond motifs is 1. The van der Waals surface area contributed by atoms with Crippen molar-refractivity contribution >= 4 is 16.9 Å². The fourth-order valence-electron chi connectivity index (χ4n) is 3.53. The van der Waals surface area contributed by atoms with E-state index in [4.69, 9.17) is 5.11 Å². The van der Waals surface area contributed by atoms with Gasteiger partial charge in [0.2, 0.25) is 0 Å². The van der Waals surface area contributed by atoms with E-state index in [0.717, 1.165) is 11.3 Å². The van der Waals surface area contributed by atoms with Gasteiger partial charge in [0.05, 0.1) is 5.52 Å². The lowest BCUT2D eigenvalue weighted by Gasteiger charge is -2.16. The summed E-state index contributed by atoms with van der Waals surface area (Å²) in [4.78, 5) is 11.1. The highest BCUT2D eigenvalue weighted by Gasteiger charge is 2.23. The zero-order valence-corrected chi connectivity index (χ0v) is 15.4. The minimum absolute atomic E-state index is 0.00300. The number of carboxylic acid groups (broad SMARTS) is 1. The molecule has 2 aromatic carbocycles. The molecule has 3 aromatic rings. The molecule has 142 valence electrons. The predicted octanol–water partition coefficient (Wildman–Crippen LogP) is 5.06. The minimum Gasteiger partial charge on any atom is -0.505 e. The maximum absolute atomic E-state index is 14.1. The smallest absolute Gasteiger partial charge is 0.303 e. The van der Waals surface area contributed by atoms with Gasteiger partial charge in [-0.25, -0.2) is 8.78 Å². The van der Waals surface area contributed by atoms with Gasteiger partial charge in [-0.05, 0) is 54.7 Å². The highest BCUT2D eigenvalue weighted by molar-refractivity contribution is 5.89. The average Bonchev–Trinajstić information content (AvgIpc) is 2.89. The fraction of sp³-hybridized carbons (Fsp3) is 0.286. The van der Waals surface area contributed by atoms with Crippen LogP contribution in [0.15, 0.2) is 30.3 Å². The highest BCUT2D eigenvalue weighted by Crippen LogP contribution is 2.37. The molecule has 6 heteroatoms. The Morgan fingerprint density at radius 3 is 2.44 bits per heavy atom. The van der Waals surface area contributed by atoms with Crippen molar-refractivity contribution in [2.75, 3.05) is 0 Å². The quantitative estimate of drug-likeness (QED) is 0.657. The monoisotopic (exact) mass is 373 g/mol. The van der Waals surface area contributed by atoms with E-state index in [2.05, 4.69) is 0 Å². The van der Waals surface area contributed by atoms with Gasteiger partial charge in [0.1, 0.15) is 5.82 Å². The lowest BCUT2D eigenvalue weighted by Crippen LogP contribution is -2.06. The first-order valence-corrected chi connectivity index (χ1v) is 8.74. The van der Waals surface area contributed by atoms with Crippen LogP contribution in [0.3, 0.4) is 0 Å². The molecule has 0 amide bonds. The van der Waals surface area contributed by atoms with Crippen LogP contribution in [0.25, 0.3) is 16.6 Å². The molecule has 27 heavy (non-hydrogen) atoms. The SMILES string of the molecule is Cc1cc(-n2c(C(C)C)c(CCC(=O)O)c3cc(O)c(F)cc32)ccc1F. The lowest BCUT2D eigenvalue weighted by molar-refractivity contribution is -0.136. The number of aromatic nitrogens is 1. The van der Waals surface area contributed by atoms with E-state index in [1.807, 2.05) is 18.4 Å². The zero-order valence-electron chi connectivity index (χ0n) is 15.4. The van der Waals surface area contributed by atoms with Crippen molar-refractivity contribution in [2.45, 2.75) is 39.5 Å². The number of benzene rings is 2. The fourth-order valence-corrected chi connectivity index (χ4v) is 3.53. The van der Waals surface area contributed by atoms with Crippen molar-refractivity contribution in [3.63, 3.8) is 0 Å². The number of aryl methyl sites for hydroxylation is 2. The van der Waals surface area contributed by atoms with Crippen molar-refractivity contribution in [1.82, 2.24) is 4.57 Å². The van der Waals surface area contributed by atoms with Gasteiger partial charge in [0.15, 0.2) is 11.6 Å². The third-order valence-electron chi connectivity index (χ3n) is 4.72. The third kappa shape index (κ3) is 3.39. The van der Waals surface area contributed by atoms with E-state index >= 15 is 0 Å². The van der Waals surface area contributed by atoms with Crippen LogP contribution in [-0.4, -0.2) is 20.7 Å². The van der Waals surface area contributed by atoms with Crippen molar-refractivity contribution < 1.29 is 23.8 Å². The zero-order chi connectivity index (χ0) is 19.9. The van der Waals surface area contributed by atoms with E-state index in [0.29, 0.717) is 22.2 Å². The Bertz CT molecular complexity index is 1040. The molecule has 1 aromatic heterocycles. The second kappa shape index (κ2) is 7.02. The Morgan fingerprint density at radius 2 is 1.85 bits per heavy atom. The van der Waals surface area contributed by atoms with Crippen LogP contribution in [0.1, 0.15) is 43.0 Å². The Labute approximate surface area is 155 Å². The average molecular weight is 373 g/mol. The largest absolute Gasteiger partial charge is 0.505 e. The number of phenols is 1. The van der Waals surface area contributed by atoms with Crippen molar-refractivity contribution in [3.05, 3.63) is 58.8 Å². The molecule has 0 aliphatic rings. The molecule has 0 bridgehead atoms. The van der Waals surface area contributed by atoms with Crippen molar-refractivity contribution in [1.29, 1.82) is 0 Å². The maximum Gasteiger partial charge on any atom is 0.303 e. The van der Waals surface area contributed by atoms with Crippen LogP contribution in [0.4, 0.5) is 8.78 Å². The first-order chi connectivity index (χ1) is 12.7. The molecule has 2 N–H and O–H groups in total. The molecule has 0 aliphatic heterocycles. The summed E-state index contributed by atoms with van der Waals surface area (Å²) in [5.41, 5.74) is 3.20. The van der Waals surface area contributed by atoms with E-state index in [9.17, 15) is 18.7 Å². The van der Waals surface area contributed by atoms with E-state index < -0.39 is 17.5 Å². The molecule has 0 saturated heterocycles. The number of carboxylic acids is 1. The molecular weight excluding hydrogens is 352 g/mol. The third-order valence-corrected chi connectivity index (χ3v) is 4.72. The van der Waals surface area contributed by atoms with Crippen molar-refractivity contribution in [2.24, 2.45) is 0 Å². The van der Waals surface area contributed by atoms with Crippen molar-refractivity contribution in [3.8, 4) is 11.4 Å². The van der Waals surface area contributed by atoms with Gasteiger partial charge in [-0.2, -0.15) is 0 Å². The number of aliphatic carboxylic acids is 1. The maximum atomic E-state index is 14.1. The number of nitrogens with zero attached hydrogens (tertiary/aromatic N) is 1. The molecule has 0 spiro atoms. The molecular formula is C21H21F2NO3. The van der Waals surface area contributed by atoms with Gasteiger partial charge < -0.3 is 14.8 Å². The first-order valence-electron chi connectivity index (χ1n) is 8.74. The van der Waals surface area contributed by atoms with Crippen LogP contribution in [0, 0.1) is 18.6 Å². The van der Waals surface area contributed by atoms with Gasteiger partial charge in [0, 0.05) is 29.3 Å². The summed E-state index contributed by atoms with van der Waals surface area (Å²) in [6.45, 7) is 5.57. The number of aromatic hydroxyl groups is 1. The van der Waals surface area contributed by atoms with Crippen LogP contribution in [0.5, 0.6) is 5.75 Å². The Morgan fingerprint density at radius 1 is 1.15 bits per heavy atom. The Balaban J connectivity index is 2.39. The van der Waals surface area contributed by atoms with Gasteiger partial charge in [-0.1, -0.05) is 13.8 Å². The number of phenolic OH excluding ortho intramolecular Hbond substituents is 1. The van der Waals surface area contributed by atoms with Gasteiger partial charge in [-0.15, -0.1) is 0 Å². The van der Waals surface area contributed by atoms with Crippen LogP contribution in [0.2, 0.25) is 0 Å². The molecule has 4 nitrogen and oxygen atoms in total. The number of halogens is 2.